The minimum absolute atomic E-state index is 0.218. The molecule has 3 rings (SSSR count). The molecule has 1 N–H and O–H groups in total. The van der Waals surface area contributed by atoms with Crippen molar-refractivity contribution in [1.82, 2.24) is 9.97 Å². The zero-order valence-corrected chi connectivity index (χ0v) is 12.9. The lowest BCUT2D eigenvalue weighted by molar-refractivity contribution is 0.628. The first-order chi connectivity index (χ1) is 9.72. The number of nitrogens with one attached hydrogen (secondary N) is 1. The van der Waals surface area contributed by atoms with Crippen molar-refractivity contribution in [2.45, 2.75) is 25.2 Å². The van der Waals surface area contributed by atoms with Crippen LogP contribution in [0.5, 0.6) is 0 Å². The molecule has 0 bridgehead atoms. The highest BCUT2D eigenvalue weighted by molar-refractivity contribution is 7.99. The molecule has 1 aliphatic heterocycles. The largest absolute Gasteiger partial charge is 0.339 e. The fourth-order valence-corrected chi connectivity index (χ4v) is 3.06. The zero-order valence-electron chi connectivity index (χ0n) is 11.3. The maximum absolute atomic E-state index is 13.1. The highest BCUT2D eigenvalue weighted by Gasteiger charge is 2.19. The molecule has 0 unspecified atom stereocenters. The van der Waals surface area contributed by atoms with E-state index in [2.05, 4.69) is 15.3 Å². The lowest BCUT2D eigenvalue weighted by atomic mass is 10.3. The predicted molar refractivity (Wildman–Crippen MR) is 82.5 cm³/mol. The van der Waals surface area contributed by atoms with Crippen LogP contribution in [-0.2, 0) is 6.42 Å². The molecule has 2 aromatic rings. The van der Waals surface area contributed by atoms with Gasteiger partial charge in [-0.1, -0.05) is 19.9 Å². The average molecular weight is 312 g/mol. The number of halogens is 2. The summed E-state index contributed by atoms with van der Waals surface area (Å²) in [4.78, 5) is 9.37. The van der Waals surface area contributed by atoms with Crippen LogP contribution in [0.25, 0.3) is 0 Å². The second-order valence-electron chi connectivity index (χ2n) is 3.85. The van der Waals surface area contributed by atoms with Gasteiger partial charge in [0.25, 0.3) is 0 Å². The minimum Gasteiger partial charge on any atom is -0.339 e. The molecule has 0 radical (unpaired) electrons. The van der Waals surface area contributed by atoms with Gasteiger partial charge in [-0.05, 0) is 29.8 Å². The number of hydrogen-bond donors (Lipinski definition) is 1. The molecule has 106 valence electrons. The lowest BCUT2D eigenvalue weighted by Crippen LogP contribution is -2.00. The van der Waals surface area contributed by atoms with Crippen LogP contribution in [0.3, 0.4) is 0 Å². The van der Waals surface area contributed by atoms with Crippen LogP contribution < -0.4 is 5.32 Å². The highest BCUT2D eigenvalue weighted by Crippen LogP contribution is 2.37. The lowest BCUT2D eigenvalue weighted by Gasteiger charge is -2.09. The first-order valence-corrected chi connectivity index (χ1v) is 7.80. The Morgan fingerprint density at radius 2 is 2.10 bits per heavy atom. The topological polar surface area (TPSA) is 37.8 Å². The Kier molecular flexibility index (Phi) is 5.20. The summed E-state index contributed by atoms with van der Waals surface area (Å²) in [6.07, 6.45) is 0.889. The van der Waals surface area contributed by atoms with E-state index in [0.29, 0.717) is 11.5 Å². The van der Waals surface area contributed by atoms with Crippen LogP contribution in [0.1, 0.15) is 19.5 Å². The van der Waals surface area contributed by atoms with E-state index in [1.54, 1.807) is 23.9 Å². The SMILES string of the molecule is CC.Fc1cccc(Nc2nc(Cl)nc3c2SCC3)c1. The van der Waals surface area contributed by atoms with Crippen LogP contribution in [-0.4, -0.2) is 15.7 Å². The molecule has 0 saturated carbocycles. The number of hydrogen-bond acceptors (Lipinski definition) is 4. The summed E-state index contributed by atoms with van der Waals surface area (Å²) in [5.74, 6) is 1.34. The van der Waals surface area contributed by atoms with Gasteiger partial charge < -0.3 is 5.32 Å². The van der Waals surface area contributed by atoms with Gasteiger partial charge >= 0.3 is 0 Å². The smallest absolute Gasteiger partial charge is 0.224 e. The van der Waals surface area contributed by atoms with E-state index in [9.17, 15) is 4.39 Å². The molecular weight excluding hydrogens is 297 g/mol. The van der Waals surface area contributed by atoms with Crippen LogP contribution >= 0.6 is 23.4 Å². The van der Waals surface area contributed by atoms with Crippen LogP contribution in [0, 0.1) is 5.82 Å². The number of benzene rings is 1. The van der Waals surface area contributed by atoms with Crippen molar-refractivity contribution in [2.24, 2.45) is 0 Å². The van der Waals surface area contributed by atoms with E-state index < -0.39 is 0 Å². The third-order valence-electron chi connectivity index (χ3n) is 2.58. The molecule has 20 heavy (non-hydrogen) atoms. The van der Waals surface area contributed by atoms with Crippen molar-refractivity contribution in [2.75, 3.05) is 11.1 Å². The Bertz CT molecular complexity index is 607. The Labute approximate surface area is 127 Å². The van der Waals surface area contributed by atoms with Gasteiger partial charge in [0.1, 0.15) is 11.6 Å². The van der Waals surface area contributed by atoms with Gasteiger partial charge in [-0.3, -0.25) is 0 Å². The molecule has 0 fully saturated rings. The normalized spacial score (nSPS) is 12.4. The summed E-state index contributed by atoms with van der Waals surface area (Å²) in [7, 11) is 0. The van der Waals surface area contributed by atoms with Crippen molar-refractivity contribution in [3.05, 3.63) is 41.1 Å². The van der Waals surface area contributed by atoms with Crippen LogP contribution in [0.15, 0.2) is 29.2 Å². The van der Waals surface area contributed by atoms with Crippen molar-refractivity contribution >= 4 is 34.9 Å². The van der Waals surface area contributed by atoms with Crippen molar-refractivity contribution in [3.63, 3.8) is 0 Å². The molecular formula is C14H15ClFN3S. The Hall–Kier alpha value is -1.33. The molecule has 6 heteroatoms. The number of aromatic nitrogens is 2. The first-order valence-electron chi connectivity index (χ1n) is 6.44. The Morgan fingerprint density at radius 3 is 2.85 bits per heavy atom. The van der Waals surface area contributed by atoms with Crippen molar-refractivity contribution in [3.8, 4) is 0 Å². The van der Waals surface area contributed by atoms with E-state index in [0.717, 1.165) is 22.8 Å². The maximum Gasteiger partial charge on any atom is 0.224 e. The molecule has 0 aliphatic carbocycles. The predicted octanol–water partition coefficient (Wildman–Crippen LogP) is 4.69. The summed E-state index contributed by atoms with van der Waals surface area (Å²) >= 11 is 7.57. The Morgan fingerprint density at radius 1 is 1.30 bits per heavy atom. The fourth-order valence-electron chi connectivity index (χ4n) is 1.83. The quantitative estimate of drug-likeness (QED) is 0.817. The molecule has 0 amide bonds. The van der Waals surface area contributed by atoms with E-state index in [1.807, 2.05) is 13.8 Å². The minimum atomic E-state index is -0.288. The number of aryl methyl sites for hydroxylation is 1. The summed E-state index contributed by atoms with van der Waals surface area (Å²) in [6.45, 7) is 4.00. The number of nitrogens with zero attached hydrogens (tertiary/aromatic N) is 2. The number of rotatable bonds is 2. The second kappa shape index (κ2) is 6.90. The molecule has 1 aromatic heterocycles. The molecule has 3 nitrogen and oxygen atoms in total. The van der Waals surface area contributed by atoms with E-state index in [4.69, 9.17) is 11.6 Å². The number of thioether (sulfide) groups is 1. The standard InChI is InChI=1S/C12H9ClFN3S.C2H6/c13-12-16-9-4-5-18-10(9)11(17-12)15-8-3-1-2-7(14)6-8;1-2/h1-3,6H,4-5H2,(H,15,16,17);1-2H3. The van der Waals surface area contributed by atoms with Gasteiger partial charge in [0, 0.05) is 17.9 Å². The van der Waals surface area contributed by atoms with E-state index in [-0.39, 0.29) is 11.1 Å². The van der Waals surface area contributed by atoms with Gasteiger partial charge in [-0.2, -0.15) is 4.98 Å². The van der Waals surface area contributed by atoms with E-state index >= 15 is 0 Å². The molecule has 0 saturated heterocycles. The van der Waals surface area contributed by atoms with Crippen LogP contribution in [0.4, 0.5) is 15.9 Å². The molecule has 1 aliphatic rings. The van der Waals surface area contributed by atoms with Gasteiger partial charge in [-0.25, -0.2) is 9.37 Å². The van der Waals surface area contributed by atoms with Crippen molar-refractivity contribution in [1.29, 1.82) is 0 Å². The molecule has 1 aromatic carbocycles. The van der Waals surface area contributed by atoms with E-state index in [1.165, 1.54) is 12.1 Å². The molecule has 2 heterocycles. The van der Waals surface area contributed by atoms with Gasteiger partial charge in [-0.15, -0.1) is 11.8 Å². The van der Waals surface area contributed by atoms with Gasteiger partial charge in [0.15, 0.2) is 0 Å². The highest BCUT2D eigenvalue weighted by atomic mass is 35.5. The zero-order chi connectivity index (χ0) is 14.5. The number of anilines is 2. The maximum atomic E-state index is 13.1. The molecule has 0 atom stereocenters. The third kappa shape index (κ3) is 3.41. The van der Waals surface area contributed by atoms with Crippen LogP contribution in [0.2, 0.25) is 5.28 Å². The fraction of sp³-hybridized carbons (Fsp3) is 0.286. The van der Waals surface area contributed by atoms with Gasteiger partial charge in [0.05, 0.1) is 10.6 Å². The monoisotopic (exact) mass is 311 g/mol. The average Bonchev–Trinajstić information content (AvgIpc) is 2.89. The third-order valence-corrected chi connectivity index (χ3v) is 3.88. The van der Waals surface area contributed by atoms with Gasteiger partial charge in [0.2, 0.25) is 5.28 Å². The summed E-state index contributed by atoms with van der Waals surface area (Å²) < 4.78 is 13.1. The van der Waals surface area contributed by atoms with Crippen molar-refractivity contribution < 1.29 is 4.39 Å². The summed E-state index contributed by atoms with van der Waals surface area (Å²) in [5, 5.41) is 3.31. The number of fused-ring (bicyclic) bond motifs is 1. The molecule has 0 spiro atoms. The summed E-state index contributed by atoms with van der Waals surface area (Å²) in [6, 6.07) is 6.25. The second-order valence-corrected chi connectivity index (χ2v) is 5.29. The Balaban J connectivity index is 0.000000704. The summed E-state index contributed by atoms with van der Waals surface area (Å²) in [5.41, 5.74) is 1.61. The first kappa shape index (κ1) is 15.1.